The van der Waals surface area contributed by atoms with Gasteiger partial charge in [-0.15, -0.1) is 11.8 Å². The molecule has 1 aromatic heterocycles. The predicted molar refractivity (Wildman–Crippen MR) is 70.5 cm³/mol. The van der Waals surface area contributed by atoms with Crippen LogP contribution >= 0.6 is 11.8 Å². The topological polar surface area (TPSA) is 56.0 Å². The van der Waals surface area contributed by atoms with E-state index in [4.69, 9.17) is 4.52 Å². The first-order valence-corrected chi connectivity index (χ1v) is 6.73. The van der Waals surface area contributed by atoms with Gasteiger partial charge in [0.25, 0.3) is 0 Å². The standard InChI is InChI=1S/C13H14N2O2S/c1-3-18-11-6-4-10(5-7-11)13-14-12(17-15-13)8-9(2)16/h4-7H,3,8H2,1-2H3. The summed E-state index contributed by atoms with van der Waals surface area (Å²) in [7, 11) is 0. The quantitative estimate of drug-likeness (QED) is 0.775. The van der Waals surface area contributed by atoms with Crippen molar-refractivity contribution in [1.82, 2.24) is 10.1 Å². The molecule has 0 fully saturated rings. The van der Waals surface area contributed by atoms with Crippen molar-refractivity contribution in [3.63, 3.8) is 0 Å². The minimum atomic E-state index is 0.0138. The van der Waals surface area contributed by atoms with Gasteiger partial charge in [-0.25, -0.2) is 0 Å². The Morgan fingerprint density at radius 2 is 2.06 bits per heavy atom. The summed E-state index contributed by atoms with van der Waals surface area (Å²) in [5.41, 5.74) is 0.897. The second kappa shape index (κ2) is 5.82. The zero-order chi connectivity index (χ0) is 13.0. The molecule has 94 valence electrons. The molecule has 0 saturated carbocycles. The van der Waals surface area contributed by atoms with Gasteiger partial charge < -0.3 is 4.52 Å². The Bertz CT molecular complexity index is 534. The van der Waals surface area contributed by atoms with Crippen LogP contribution in [0.3, 0.4) is 0 Å². The number of rotatable bonds is 5. The van der Waals surface area contributed by atoms with Crippen LogP contribution in [0.1, 0.15) is 19.7 Å². The van der Waals surface area contributed by atoms with Gasteiger partial charge in [-0.1, -0.05) is 12.1 Å². The molecule has 0 amide bonds. The van der Waals surface area contributed by atoms with Gasteiger partial charge in [0.2, 0.25) is 11.7 Å². The van der Waals surface area contributed by atoms with Crippen LogP contribution in [0.4, 0.5) is 0 Å². The summed E-state index contributed by atoms with van der Waals surface area (Å²) in [6, 6.07) is 7.98. The Morgan fingerprint density at radius 1 is 1.33 bits per heavy atom. The lowest BCUT2D eigenvalue weighted by Crippen LogP contribution is -1.95. The maximum atomic E-state index is 10.9. The van der Waals surface area contributed by atoms with Crippen molar-refractivity contribution in [2.24, 2.45) is 0 Å². The van der Waals surface area contributed by atoms with Crippen molar-refractivity contribution in [2.45, 2.75) is 25.2 Å². The van der Waals surface area contributed by atoms with E-state index in [2.05, 4.69) is 17.1 Å². The molecule has 0 aliphatic carbocycles. The van der Waals surface area contributed by atoms with Gasteiger partial charge in [0, 0.05) is 10.5 Å². The zero-order valence-electron chi connectivity index (χ0n) is 10.3. The van der Waals surface area contributed by atoms with E-state index in [-0.39, 0.29) is 12.2 Å². The molecule has 2 aromatic rings. The molecular weight excluding hydrogens is 248 g/mol. The molecule has 0 radical (unpaired) electrons. The minimum Gasteiger partial charge on any atom is -0.339 e. The Labute approximate surface area is 110 Å². The predicted octanol–water partition coefficient (Wildman–Crippen LogP) is 2.98. The fraction of sp³-hybridized carbons (Fsp3) is 0.308. The highest BCUT2D eigenvalue weighted by atomic mass is 32.2. The van der Waals surface area contributed by atoms with E-state index in [1.54, 1.807) is 11.8 Å². The number of carbonyl (C=O) groups excluding carboxylic acids is 1. The summed E-state index contributed by atoms with van der Waals surface area (Å²) >= 11 is 1.78. The van der Waals surface area contributed by atoms with E-state index >= 15 is 0 Å². The second-order valence-electron chi connectivity index (χ2n) is 3.85. The number of hydrogen-bond acceptors (Lipinski definition) is 5. The highest BCUT2D eigenvalue weighted by molar-refractivity contribution is 7.99. The van der Waals surface area contributed by atoms with Gasteiger partial charge in [-0.05, 0) is 36.9 Å². The number of benzene rings is 1. The molecule has 0 saturated heterocycles. The molecule has 0 aliphatic rings. The molecule has 0 unspecified atom stereocenters. The van der Waals surface area contributed by atoms with E-state index in [0.29, 0.717) is 11.7 Å². The highest BCUT2D eigenvalue weighted by Crippen LogP contribution is 2.22. The molecule has 4 nitrogen and oxygen atoms in total. The van der Waals surface area contributed by atoms with Gasteiger partial charge in [0.1, 0.15) is 5.78 Å². The van der Waals surface area contributed by atoms with Gasteiger partial charge in [0.05, 0.1) is 6.42 Å². The lowest BCUT2D eigenvalue weighted by Gasteiger charge is -1.98. The van der Waals surface area contributed by atoms with Gasteiger partial charge >= 0.3 is 0 Å². The van der Waals surface area contributed by atoms with Gasteiger partial charge in [0.15, 0.2) is 0 Å². The SMILES string of the molecule is CCSc1ccc(-c2noc(CC(C)=O)n2)cc1. The van der Waals surface area contributed by atoms with Crippen molar-refractivity contribution < 1.29 is 9.32 Å². The van der Waals surface area contributed by atoms with E-state index in [0.717, 1.165) is 11.3 Å². The third-order valence-corrected chi connectivity index (χ3v) is 3.19. The number of hydrogen-bond donors (Lipinski definition) is 0. The largest absolute Gasteiger partial charge is 0.339 e. The van der Waals surface area contributed by atoms with Crippen molar-refractivity contribution >= 4 is 17.5 Å². The lowest BCUT2D eigenvalue weighted by molar-refractivity contribution is -0.116. The molecule has 0 N–H and O–H groups in total. The number of Topliss-reactive ketones (excluding diaryl/α,β-unsaturated/α-hetero) is 1. The maximum absolute atomic E-state index is 10.9. The number of carbonyl (C=O) groups is 1. The zero-order valence-corrected chi connectivity index (χ0v) is 11.2. The monoisotopic (exact) mass is 262 g/mol. The molecular formula is C13H14N2O2S. The third-order valence-electron chi connectivity index (χ3n) is 2.29. The van der Waals surface area contributed by atoms with Crippen LogP contribution in [0.25, 0.3) is 11.4 Å². The van der Waals surface area contributed by atoms with Gasteiger partial charge in [-0.3, -0.25) is 4.79 Å². The van der Waals surface area contributed by atoms with Crippen LogP contribution in [-0.2, 0) is 11.2 Å². The average Bonchev–Trinajstić information content (AvgIpc) is 2.78. The van der Waals surface area contributed by atoms with Gasteiger partial charge in [-0.2, -0.15) is 4.98 Å². The van der Waals surface area contributed by atoms with Crippen molar-refractivity contribution in [3.05, 3.63) is 30.2 Å². The van der Waals surface area contributed by atoms with Crippen LogP contribution in [0.15, 0.2) is 33.7 Å². The number of aromatic nitrogens is 2. The normalized spacial score (nSPS) is 10.6. The van der Waals surface area contributed by atoms with Crippen LogP contribution in [0.5, 0.6) is 0 Å². The number of ketones is 1. The van der Waals surface area contributed by atoms with Crippen molar-refractivity contribution in [2.75, 3.05) is 5.75 Å². The minimum absolute atomic E-state index is 0.0138. The maximum Gasteiger partial charge on any atom is 0.234 e. The van der Waals surface area contributed by atoms with Crippen LogP contribution in [0.2, 0.25) is 0 Å². The Hall–Kier alpha value is -1.62. The molecule has 0 bridgehead atoms. The molecule has 1 heterocycles. The first-order valence-electron chi connectivity index (χ1n) is 5.74. The molecule has 0 atom stereocenters. The second-order valence-corrected chi connectivity index (χ2v) is 5.19. The van der Waals surface area contributed by atoms with Crippen molar-refractivity contribution in [1.29, 1.82) is 0 Å². The van der Waals surface area contributed by atoms with E-state index < -0.39 is 0 Å². The molecule has 0 aliphatic heterocycles. The first kappa shape index (κ1) is 12.8. The fourth-order valence-corrected chi connectivity index (χ4v) is 2.19. The molecule has 1 aromatic carbocycles. The Morgan fingerprint density at radius 3 is 2.67 bits per heavy atom. The summed E-state index contributed by atoms with van der Waals surface area (Å²) in [5.74, 6) is 1.95. The summed E-state index contributed by atoms with van der Waals surface area (Å²) in [6.07, 6.45) is 0.191. The van der Waals surface area contributed by atoms with Crippen LogP contribution in [-0.4, -0.2) is 21.7 Å². The smallest absolute Gasteiger partial charge is 0.234 e. The average molecular weight is 262 g/mol. The van der Waals surface area contributed by atoms with E-state index in [9.17, 15) is 4.79 Å². The molecule has 5 heteroatoms. The molecule has 18 heavy (non-hydrogen) atoms. The Balaban J connectivity index is 2.15. The van der Waals surface area contributed by atoms with Crippen LogP contribution in [0, 0.1) is 0 Å². The van der Waals surface area contributed by atoms with E-state index in [1.165, 1.54) is 11.8 Å². The van der Waals surface area contributed by atoms with Crippen LogP contribution < -0.4 is 0 Å². The summed E-state index contributed by atoms with van der Waals surface area (Å²) in [6.45, 7) is 3.62. The number of nitrogens with zero attached hydrogens (tertiary/aromatic N) is 2. The summed E-state index contributed by atoms with van der Waals surface area (Å²) < 4.78 is 5.02. The summed E-state index contributed by atoms with van der Waals surface area (Å²) in [5, 5.41) is 3.87. The Kier molecular flexibility index (Phi) is 4.15. The molecule has 2 rings (SSSR count). The molecule has 0 spiro atoms. The number of thioether (sulfide) groups is 1. The fourth-order valence-electron chi connectivity index (χ4n) is 1.52. The van der Waals surface area contributed by atoms with Crippen molar-refractivity contribution in [3.8, 4) is 11.4 Å². The lowest BCUT2D eigenvalue weighted by atomic mass is 10.2. The highest BCUT2D eigenvalue weighted by Gasteiger charge is 2.10. The third kappa shape index (κ3) is 3.20. The summed E-state index contributed by atoms with van der Waals surface area (Å²) in [4.78, 5) is 16.4. The first-order chi connectivity index (χ1) is 8.69. The van der Waals surface area contributed by atoms with E-state index in [1.807, 2.05) is 24.3 Å².